The van der Waals surface area contributed by atoms with Gasteiger partial charge in [0.1, 0.15) is 0 Å². The molecular weight excluding hydrogens is 305 g/mol. The van der Waals surface area contributed by atoms with Crippen LogP contribution in [-0.2, 0) is 11.0 Å². The van der Waals surface area contributed by atoms with Crippen molar-refractivity contribution in [3.63, 3.8) is 0 Å². The minimum Gasteiger partial charge on any atom is -0.311 e. The first-order valence-corrected chi connectivity index (χ1v) is 7.68. The van der Waals surface area contributed by atoms with E-state index in [1.807, 2.05) is 0 Å². The van der Waals surface area contributed by atoms with Crippen LogP contribution in [0.1, 0.15) is 37.1 Å². The molecular formula is C12H15F3N4OS. The van der Waals surface area contributed by atoms with Gasteiger partial charge in [-0.05, 0) is 31.6 Å². The van der Waals surface area contributed by atoms with Gasteiger partial charge in [0, 0.05) is 18.5 Å². The highest BCUT2D eigenvalue weighted by Gasteiger charge is 2.36. The van der Waals surface area contributed by atoms with Gasteiger partial charge >= 0.3 is 6.18 Å². The highest BCUT2D eigenvalue weighted by atomic mass is 32.1. The van der Waals surface area contributed by atoms with Crippen molar-refractivity contribution in [3.05, 3.63) is 5.01 Å². The van der Waals surface area contributed by atoms with Crippen LogP contribution in [0.25, 0.3) is 0 Å². The smallest absolute Gasteiger partial charge is 0.311 e. The normalized spacial score (nSPS) is 28.6. The van der Waals surface area contributed by atoms with E-state index in [1.54, 1.807) is 0 Å². The molecule has 2 fully saturated rings. The van der Waals surface area contributed by atoms with E-state index in [9.17, 15) is 18.0 Å². The van der Waals surface area contributed by atoms with Gasteiger partial charge in [0.05, 0.1) is 0 Å². The largest absolute Gasteiger partial charge is 0.445 e. The number of nitrogens with zero attached hydrogens (tertiary/aromatic N) is 2. The summed E-state index contributed by atoms with van der Waals surface area (Å²) in [6.45, 7) is 0. The first-order valence-electron chi connectivity index (χ1n) is 6.87. The average Bonchev–Trinajstić information content (AvgIpc) is 2.96. The number of halogens is 3. The average molecular weight is 320 g/mol. The summed E-state index contributed by atoms with van der Waals surface area (Å²) in [5.41, 5.74) is 0. The molecule has 0 aliphatic carbocycles. The molecule has 2 saturated heterocycles. The number of aromatic nitrogens is 2. The van der Waals surface area contributed by atoms with Crippen molar-refractivity contribution in [3.8, 4) is 0 Å². The number of anilines is 1. The van der Waals surface area contributed by atoms with E-state index in [2.05, 4.69) is 20.8 Å². The van der Waals surface area contributed by atoms with Gasteiger partial charge < -0.3 is 10.6 Å². The van der Waals surface area contributed by atoms with E-state index >= 15 is 0 Å². The number of amides is 1. The van der Waals surface area contributed by atoms with Crippen molar-refractivity contribution in [1.29, 1.82) is 0 Å². The summed E-state index contributed by atoms with van der Waals surface area (Å²) in [7, 11) is 0. The van der Waals surface area contributed by atoms with Crippen molar-refractivity contribution < 1.29 is 18.0 Å². The molecule has 0 aromatic carbocycles. The Bertz CT molecular complexity index is 521. The van der Waals surface area contributed by atoms with Gasteiger partial charge in [0.15, 0.2) is 0 Å². The first-order chi connectivity index (χ1) is 9.90. The fourth-order valence-electron chi connectivity index (χ4n) is 3.16. The zero-order valence-corrected chi connectivity index (χ0v) is 11.9. The molecule has 1 aromatic heterocycles. The van der Waals surface area contributed by atoms with Crippen LogP contribution in [0, 0.1) is 5.92 Å². The third-order valence-electron chi connectivity index (χ3n) is 3.96. The van der Waals surface area contributed by atoms with E-state index < -0.39 is 11.2 Å². The van der Waals surface area contributed by atoms with Crippen molar-refractivity contribution in [1.82, 2.24) is 15.5 Å². The molecule has 2 N–H and O–H groups in total. The van der Waals surface area contributed by atoms with Gasteiger partial charge in [-0.25, -0.2) is 0 Å². The van der Waals surface area contributed by atoms with Crippen LogP contribution in [0.2, 0.25) is 0 Å². The monoisotopic (exact) mass is 320 g/mol. The molecule has 1 aromatic rings. The zero-order valence-electron chi connectivity index (χ0n) is 11.1. The topological polar surface area (TPSA) is 66.9 Å². The maximum atomic E-state index is 12.4. The van der Waals surface area contributed by atoms with Gasteiger partial charge in [-0.3, -0.25) is 4.79 Å². The standard InChI is InChI=1S/C12H15F3N4OS/c13-12(14,15)10-18-19-11(21-10)17-9(20)5-6-3-7-1-2-8(4-6)16-7/h6-8,16H,1-5H2,(H,17,19,20). The molecule has 2 atom stereocenters. The van der Waals surface area contributed by atoms with Crippen LogP contribution in [0.4, 0.5) is 18.3 Å². The lowest BCUT2D eigenvalue weighted by Gasteiger charge is -2.28. The number of rotatable bonds is 3. The van der Waals surface area contributed by atoms with Crippen LogP contribution < -0.4 is 10.6 Å². The Balaban J connectivity index is 1.53. The molecule has 116 valence electrons. The second kappa shape index (κ2) is 5.53. The molecule has 0 saturated carbocycles. The van der Waals surface area contributed by atoms with Crippen molar-refractivity contribution in [2.45, 2.75) is 50.4 Å². The lowest BCUT2D eigenvalue weighted by Crippen LogP contribution is -2.39. The molecule has 2 aliphatic rings. The number of carbonyl (C=O) groups is 1. The van der Waals surface area contributed by atoms with Crippen molar-refractivity contribution >= 4 is 22.4 Å². The first kappa shape index (κ1) is 14.7. The van der Waals surface area contributed by atoms with Crippen molar-refractivity contribution in [2.24, 2.45) is 5.92 Å². The Morgan fingerprint density at radius 1 is 1.29 bits per heavy atom. The Morgan fingerprint density at radius 2 is 1.95 bits per heavy atom. The van der Waals surface area contributed by atoms with Crippen molar-refractivity contribution in [2.75, 3.05) is 5.32 Å². The highest BCUT2D eigenvalue weighted by molar-refractivity contribution is 7.15. The number of fused-ring (bicyclic) bond motifs is 2. The van der Waals surface area contributed by atoms with Gasteiger partial charge in [0.2, 0.25) is 16.0 Å². The molecule has 2 bridgehead atoms. The molecule has 1 amide bonds. The van der Waals surface area contributed by atoms with Crippen LogP contribution in [0.3, 0.4) is 0 Å². The minimum absolute atomic E-state index is 0.0933. The summed E-state index contributed by atoms with van der Waals surface area (Å²) in [6, 6.07) is 0.972. The fraction of sp³-hybridized carbons (Fsp3) is 0.750. The number of carbonyl (C=O) groups excluding carboxylic acids is 1. The number of hydrogen-bond donors (Lipinski definition) is 2. The molecule has 3 rings (SSSR count). The van der Waals surface area contributed by atoms with E-state index in [4.69, 9.17) is 0 Å². The summed E-state index contributed by atoms with van der Waals surface area (Å²) in [4.78, 5) is 11.9. The van der Waals surface area contributed by atoms with E-state index in [0.717, 1.165) is 25.7 Å². The predicted octanol–water partition coefficient (Wildman–Crippen LogP) is 2.42. The zero-order chi connectivity index (χ0) is 15.0. The van der Waals surface area contributed by atoms with Crippen LogP contribution in [0.15, 0.2) is 0 Å². The van der Waals surface area contributed by atoms with E-state index in [1.165, 1.54) is 0 Å². The second-order valence-corrected chi connectivity index (χ2v) is 6.62. The Kier molecular flexibility index (Phi) is 3.87. The molecule has 21 heavy (non-hydrogen) atoms. The van der Waals surface area contributed by atoms with Crippen LogP contribution in [0.5, 0.6) is 0 Å². The summed E-state index contributed by atoms with van der Waals surface area (Å²) < 4.78 is 37.2. The van der Waals surface area contributed by atoms with Gasteiger partial charge in [-0.2, -0.15) is 13.2 Å². The molecule has 0 radical (unpaired) electrons. The molecule has 0 spiro atoms. The third-order valence-corrected chi connectivity index (χ3v) is 4.84. The fourth-order valence-corrected chi connectivity index (χ4v) is 3.79. The van der Waals surface area contributed by atoms with E-state index in [0.29, 0.717) is 35.8 Å². The number of alkyl halides is 3. The summed E-state index contributed by atoms with van der Waals surface area (Å²) in [6.07, 6.45) is 0.00836. The number of nitrogens with one attached hydrogen (secondary N) is 2. The lowest BCUT2D eigenvalue weighted by atomic mass is 9.89. The molecule has 9 heteroatoms. The SMILES string of the molecule is O=C(CC1CC2CCC(C1)N2)Nc1nnc(C(F)(F)F)s1. The Hall–Kier alpha value is -1.22. The number of hydrogen-bond acceptors (Lipinski definition) is 5. The maximum Gasteiger partial charge on any atom is 0.445 e. The number of piperidine rings is 1. The Morgan fingerprint density at radius 3 is 2.52 bits per heavy atom. The molecule has 2 aliphatic heterocycles. The summed E-state index contributed by atoms with van der Waals surface area (Å²) >= 11 is 0.352. The van der Waals surface area contributed by atoms with Gasteiger partial charge in [-0.1, -0.05) is 11.3 Å². The summed E-state index contributed by atoms with van der Waals surface area (Å²) in [5.74, 6) is 0.00457. The van der Waals surface area contributed by atoms with Crippen LogP contribution >= 0.6 is 11.3 Å². The summed E-state index contributed by atoms with van der Waals surface area (Å²) in [5, 5.41) is 11.2. The second-order valence-electron chi connectivity index (χ2n) is 5.64. The minimum atomic E-state index is -4.52. The maximum absolute atomic E-state index is 12.4. The third kappa shape index (κ3) is 3.52. The van der Waals surface area contributed by atoms with Gasteiger partial charge in [0.25, 0.3) is 0 Å². The highest BCUT2D eigenvalue weighted by Crippen LogP contribution is 2.34. The van der Waals surface area contributed by atoms with Crippen LogP contribution in [-0.4, -0.2) is 28.2 Å². The van der Waals surface area contributed by atoms with E-state index in [-0.39, 0.29) is 11.0 Å². The quantitative estimate of drug-likeness (QED) is 0.897. The molecule has 2 unspecified atom stereocenters. The Labute approximate surface area is 123 Å². The lowest BCUT2D eigenvalue weighted by molar-refractivity contribution is -0.138. The molecule has 5 nitrogen and oxygen atoms in total. The molecule has 3 heterocycles. The predicted molar refractivity (Wildman–Crippen MR) is 70.8 cm³/mol. The van der Waals surface area contributed by atoms with Gasteiger partial charge in [-0.15, -0.1) is 10.2 Å².